The summed E-state index contributed by atoms with van der Waals surface area (Å²) in [5.41, 5.74) is 2.33. The largest absolute Gasteiger partial charge is 0.374 e. The molecule has 1 N–H and O–H groups in total. The molecule has 1 amide bonds. The lowest BCUT2D eigenvalue weighted by Gasteiger charge is -2.14. The van der Waals surface area contributed by atoms with E-state index in [-0.39, 0.29) is 11.9 Å². The average Bonchev–Trinajstić information content (AvgIpc) is 3.39. The van der Waals surface area contributed by atoms with Gasteiger partial charge in [-0.3, -0.25) is 10.1 Å². The first-order valence-electron chi connectivity index (χ1n) is 8.72. The van der Waals surface area contributed by atoms with Crippen LogP contribution >= 0.6 is 23.1 Å². The SMILES string of the molecule is CSc1cc(C(=O)Nc2ncc(N(C)C)c(C#Cc3nnc4cccnn34)n2)cs1. The van der Waals surface area contributed by atoms with Gasteiger partial charge in [-0.25, -0.2) is 9.97 Å². The molecular formula is C19H16N8OS2. The highest BCUT2D eigenvalue weighted by Crippen LogP contribution is 2.24. The molecule has 0 radical (unpaired) electrons. The van der Waals surface area contributed by atoms with E-state index in [1.54, 1.807) is 46.2 Å². The summed E-state index contributed by atoms with van der Waals surface area (Å²) < 4.78 is 2.61. The number of hydrogen-bond acceptors (Lipinski definition) is 9. The molecule has 9 nitrogen and oxygen atoms in total. The van der Waals surface area contributed by atoms with E-state index in [4.69, 9.17) is 0 Å². The summed E-state index contributed by atoms with van der Waals surface area (Å²) in [5, 5.41) is 16.8. The highest BCUT2D eigenvalue weighted by atomic mass is 32.2. The van der Waals surface area contributed by atoms with Crippen molar-refractivity contribution in [2.45, 2.75) is 4.21 Å². The van der Waals surface area contributed by atoms with Crippen LogP contribution in [0.15, 0.2) is 40.2 Å². The number of hydrogen-bond donors (Lipinski definition) is 1. The first kappa shape index (κ1) is 19.8. The number of rotatable bonds is 4. The van der Waals surface area contributed by atoms with Gasteiger partial charge in [0.25, 0.3) is 5.91 Å². The summed E-state index contributed by atoms with van der Waals surface area (Å²) in [6, 6.07) is 5.41. The average molecular weight is 437 g/mol. The lowest BCUT2D eigenvalue weighted by atomic mass is 10.3. The van der Waals surface area contributed by atoms with E-state index in [0.29, 0.717) is 28.4 Å². The molecule has 0 saturated carbocycles. The third-order valence-corrected chi connectivity index (χ3v) is 6.02. The van der Waals surface area contributed by atoms with Crippen LogP contribution < -0.4 is 10.2 Å². The Morgan fingerprint density at radius 3 is 2.93 bits per heavy atom. The summed E-state index contributed by atoms with van der Waals surface area (Å²) in [6.07, 6.45) is 5.22. The third kappa shape index (κ3) is 4.10. The molecule has 0 fully saturated rings. The van der Waals surface area contributed by atoms with Gasteiger partial charge in [0.2, 0.25) is 11.8 Å². The van der Waals surface area contributed by atoms with Crippen molar-refractivity contribution < 1.29 is 4.79 Å². The molecule has 0 aliphatic rings. The van der Waals surface area contributed by atoms with Crippen molar-refractivity contribution in [3.05, 3.63) is 53.1 Å². The van der Waals surface area contributed by atoms with Gasteiger partial charge in [0.05, 0.1) is 21.7 Å². The van der Waals surface area contributed by atoms with E-state index >= 15 is 0 Å². The molecule has 11 heteroatoms. The summed E-state index contributed by atoms with van der Waals surface area (Å²) in [4.78, 5) is 23.0. The fraction of sp³-hybridized carbons (Fsp3) is 0.158. The van der Waals surface area contributed by atoms with Crippen molar-refractivity contribution in [3.8, 4) is 11.8 Å². The molecule has 30 heavy (non-hydrogen) atoms. The lowest BCUT2D eigenvalue weighted by Crippen LogP contribution is -2.16. The Kier molecular flexibility index (Phi) is 5.60. The van der Waals surface area contributed by atoms with Crippen LogP contribution in [0.2, 0.25) is 0 Å². The van der Waals surface area contributed by atoms with Crippen molar-refractivity contribution >= 4 is 46.3 Å². The van der Waals surface area contributed by atoms with Gasteiger partial charge in [0.1, 0.15) is 5.69 Å². The second-order valence-electron chi connectivity index (χ2n) is 6.20. The topological polar surface area (TPSA) is 101 Å². The number of carbonyl (C=O) groups excluding carboxylic acids is 1. The number of fused-ring (bicyclic) bond motifs is 1. The van der Waals surface area contributed by atoms with E-state index in [9.17, 15) is 4.79 Å². The Bertz CT molecular complexity index is 1280. The summed E-state index contributed by atoms with van der Waals surface area (Å²) in [6.45, 7) is 0. The molecule has 4 aromatic heterocycles. The summed E-state index contributed by atoms with van der Waals surface area (Å²) in [5.74, 6) is 6.25. The van der Waals surface area contributed by atoms with Gasteiger partial charge in [0.15, 0.2) is 5.65 Å². The molecule has 0 aliphatic heterocycles. The van der Waals surface area contributed by atoms with Gasteiger partial charge in [-0.1, -0.05) is 0 Å². The van der Waals surface area contributed by atoms with Crippen LogP contribution in [-0.2, 0) is 0 Å². The van der Waals surface area contributed by atoms with Crippen molar-refractivity contribution in [2.75, 3.05) is 30.6 Å². The first-order chi connectivity index (χ1) is 14.5. The van der Waals surface area contributed by atoms with Crippen LogP contribution in [0.4, 0.5) is 11.6 Å². The van der Waals surface area contributed by atoms with Crippen LogP contribution in [0.3, 0.4) is 0 Å². The Labute approximate surface area is 180 Å². The maximum atomic E-state index is 12.5. The molecule has 150 valence electrons. The van der Waals surface area contributed by atoms with E-state index in [1.807, 2.05) is 31.3 Å². The van der Waals surface area contributed by atoms with E-state index in [2.05, 4.69) is 42.4 Å². The predicted molar refractivity (Wildman–Crippen MR) is 117 cm³/mol. The molecule has 0 saturated heterocycles. The van der Waals surface area contributed by atoms with Gasteiger partial charge in [0, 0.05) is 25.7 Å². The smallest absolute Gasteiger partial charge is 0.258 e. The number of nitrogens with one attached hydrogen (secondary N) is 1. The number of carbonyl (C=O) groups is 1. The highest BCUT2D eigenvalue weighted by Gasteiger charge is 2.13. The van der Waals surface area contributed by atoms with Crippen LogP contribution in [0.25, 0.3) is 5.65 Å². The fourth-order valence-electron chi connectivity index (χ4n) is 2.51. The third-order valence-electron chi connectivity index (χ3n) is 3.99. The number of anilines is 2. The minimum atomic E-state index is -0.268. The monoisotopic (exact) mass is 436 g/mol. The number of amides is 1. The molecule has 0 spiro atoms. The summed E-state index contributed by atoms with van der Waals surface area (Å²) >= 11 is 3.11. The number of thiophene rings is 1. The molecular weight excluding hydrogens is 420 g/mol. The normalized spacial score (nSPS) is 10.5. The Balaban J connectivity index is 1.64. The minimum absolute atomic E-state index is 0.177. The molecule has 0 atom stereocenters. The zero-order valence-electron chi connectivity index (χ0n) is 16.3. The van der Waals surface area contributed by atoms with E-state index in [0.717, 1.165) is 4.21 Å². The zero-order valence-corrected chi connectivity index (χ0v) is 18.0. The molecule has 4 rings (SSSR count). The highest BCUT2D eigenvalue weighted by molar-refractivity contribution is 8.00. The minimum Gasteiger partial charge on any atom is -0.374 e. The number of aromatic nitrogens is 6. The van der Waals surface area contributed by atoms with Crippen LogP contribution in [0, 0.1) is 11.8 Å². The fourth-order valence-corrected chi connectivity index (χ4v) is 3.90. The van der Waals surface area contributed by atoms with Gasteiger partial charge in [-0.15, -0.1) is 33.3 Å². The van der Waals surface area contributed by atoms with Crippen LogP contribution in [-0.4, -0.2) is 56.0 Å². The maximum Gasteiger partial charge on any atom is 0.258 e. The molecule has 4 heterocycles. The van der Waals surface area contributed by atoms with Crippen molar-refractivity contribution in [1.29, 1.82) is 0 Å². The number of thioether (sulfide) groups is 1. The zero-order chi connectivity index (χ0) is 21.1. The van der Waals surface area contributed by atoms with Crippen LogP contribution in [0.1, 0.15) is 21.9 Å². The number of nitrogens with zero attached hydrogens (tertiary/aromatic N) is 7. The summed E-state index contributed by atoms with van der Waals surface area (Å²) in [7, 11) is 3.73. The molecule has 0 aliphatic carbocycles. The van der Waals surface area contributed by atoms with E-state index < -0.39 is 0 Å². The Hall–Kier alpha value is -3.49. The lowest BCUT2D eigenvalue weighted by molar-refractivity contribution is 0.102. The Morgan fingerprint density at radius 1 is 1.30 bits per heavy atom. The first-order valence-corrected chi connectivity index (χ1v) is 10.8. The second kappa shape index (κ2) is 8.48. The van der Waals surface area contributed by atoms with Gasteiger partial charge in [-0.05, 0) is 36.3 Å². The predicted octanol–water partition coefficient (Wildman–Crippen LogP) is 2.42. The van der Waals surface area contributed by atoms with Crippen molar-refractivity contribution in [1.82, 2.24) is 29.8 Å². The van der Waals surface area contributed by atoms with E-state index in [1.165, 1.54) is 11.3 Å². The second-order valence-corrected chi connectivity index (χ2v) is 8.22. The molecule has 0 aromatic carbocycles. The van der Waals surface area contributed by atoms with Gasteiger partial charge < -0.3 is 4.90 Å². The van der Waals surface area contributed by atoms with Gasteiger partial charge in [-0.2, -0.15) is 9.61 Å². The quantitative estimate of drug-likeness (QED) is 0.384. The Morgan fingerprint density at radius 2 is 2.17 bits per heavy atom. The van der Waals surface area contributed by atoms with Gasteiger partial charge >= 0.3 is 0 Å². The standard InChI is InChI=1S/C19H16N8OS2/c1-26(2)14-10-20-19(23-18(28)12-9-17(29-3)30-11-12)22-13(14)6-7-16-25-24-15-5-4-8-21-27(15)16/h4-5,8-11H,1-3H3,(H,20,22,23,28). The van der Waals surface area contributed by atoms with Crippen LogP contribution in [0.5, 0.6) is 0 Å². The van der Waals surface area contributed by atoms with Crippen molar-refractivity contribution in [2.24, 2.45) is 0 Å². The van der Waals surface area contributed by atoms with Crippen molar-refractivity contribution in [3.63, 3.8) is 0 Å². The molecule has 0 unspecified atom stereocenters. The molecule has 4 aromatic rings. The molecule has 0 bridgehead atoms. The maximum absolute atomic E-state index is 12.5.